The number of phenols is 1. The molecule has 11 heteroatoms. The average molecular weight is 338 g/mol. The number of aromatic nitrogens is 1. The van der Waals surface area contributed by atoms with Crippen LogP contribution in [0.2, 0.25) is 5.02 Å². The third kappa shape index (κ3) is 3.89. The minimum Gasteiger partial charge on any atom is -0.502 e. The molecule has 0 aliphatic rings. The quantitative estimate of drug-likeness (QED) is 0.484. The number of hydrogen-bond acceptors (Lipinski definition) is 8. The minimum atomic E-state index is -0.774. The highest BCUT2D eigenvalue weighted by Gasteiger charge is 2.17. The number of hydrogen-bond donors (Lipinski definition) is 2. The van der Waals surface area contributed by atoms with Gasteiger partial charge in [0.25, 0.3) is 5.69 Å². The van der Waals surface area contributed by atoms with Gasteiger partial charge in [0.1, 0.15) is 12.0 Å². The molecule has 1 aromatic carbocycles. The van der Waals surface area contributed by atoms with Crippen molar-refractivity contribution in [2.45, 2.75) is 0 Å². The first-order valence-electron chi connectivity index (χ1n) is 5.95. The van der Waals surface area contributed by atoms with Gasteiger partial charge in [-0.2, -0.15) is 5.10 Å². The van der Waals surface area contributed by atoms with Crippen molar-refractivity contribution < 1.29 is 15.0 Å². The summed E-state index contributed by atoms with van der Waals surface area (Å²) in [6, 6.07) is 4.86. The van der Waals surface area contributed by atoms with Gasteiger partial charge in [-0.25, -0.2) is 4.98 Å². The molecule has 0 atom stereocenters. The van der Waals surface area contributed by atoms with Crippen LogP contribution in [0.5, 0.6) is 5.75 Å². The Hall–Kier alpha value is -3.27. The van der Waals surface area contributed by atoms with E-state index in [-0.39, 0.29) is 22.1 Å². The number of nitrogens with zero attached hydrogens (tertiary/aromatic N) is 4. The van der Waals surface area contributed by atoms with Crippen molar-refractivity contribution in [3.8, 4) is 5.75 Å². The van der Waals surface area contributed by atoms with E-state index in [9.17, 15) is 25.3 Å². The highest BCUT2D eigenvalue weighted by molar-refractivity contribution is 6.31. The molecule has 10 nitrogen and oxygen atoms in total. The molecular formula is C12H8ClN5O5. The average Bonchev–Trinajstić information content (AvgIpc) is 2.50. The molecule has 0 aliphatic carbocycles. The lowest BCUT2D eigenvalue weighted by atomic mass is 10.2. The number of aromatic hydroxyl groups is 1. The smallest absolute Gasteiger partial charge is 0.312 e. The molecule has 2 N–H and O–H groups in total. The predicted octanol–water partition coefficient (Wildman–Crippen LogP) is 2.70. The number of nitro groups is 2. The van der Waals surface area contributed by atoms with Crippen LogP contribution in [-0.4, -0.2) is 26.2 Å². The Morgan fingerprint density at radius 3 is 2.57 bits per heavy atom. The number of rotatable bonds is 5. The highest BCUT2D eigenvalue weighted by Crippen LogP contribution is 2.32. The van der Waals surface area contributed by atoms with Crippen molar-refractivity contribution >= 4 is 35.0 Å². The summed E-state index contributed by atoms with van der Waals surface area (Å²) in [6.45, 7) is 0. The van der Waals surface area contributed by atoms with Gasteiger partial charge in [0, 0.05) is 22.7 Å². The Balaban J connectivity index is 2.17. The van der Waals surface area contributed by atoms with Crippen molar-refractivity contribution in [3.05, 3.63) is 61.3 Å². The standard InChI is InChI=1S/C12H8ClN5O5/c13-8-3-7(12(19)10(4-8)18(22)23)5-15-16-11-2-1-9(6-14-11)17(20)21/h1-6,19H,(H,14,16)/b15-5+. The van der Waals surface area contributed by atoms with Crippen molar-refractivity contribution in [3.63, 3.8) is 0 Å². The van der Waals surface area contributed by atoms with Crippen molar-refractivity contribution in [1.82, 2.24) is 4.98 Å². The molecule has 0 spiro atoms. The molecule has 0 amide bonds. The SMILES string of the molecule is O=[N+]([O-])c1ccc(N/N=C/c2cc(Cl)cc([N+](=O)[O-])c2O)nc1. The number of anilines is 1. The summed E-state index contributed by atoms with van der Waals surface area (Å²) in [4.78, 5) is 23.6. The van der Waals surface area contributed by atoms with Crippen LogP contribution < -0.4 is 5.43 Å². The van der Waals surface area contributed by atoms with E-state index in [1.807, 2.05) is 0 Å². The minimum absolute atomic E-state index is 0.0265. The van der Waals surface area contributed by atoms with Crippen LogP contribution in [0.25, 0.3) is 0 Å². The number of nitrogens with one attached hydrogen (secondary N) is 1. The topological polar surface area (TPSA) is 144 Å². The molecule has 0 saturated heterocycles. The second-order valence-electron chi connectivity index (χ2n) is 4.15. The van der Waals surface area contributed by atoms with Crippen molar-refractivity contribution in [1.29, 1.82) is 0 Å². The summed E-state index contributed by atoms with van der Waals surface area (Å²) in [5.74, 6) is -0.371. The molecule has 118 valence electrons. The zero-order chi connectivity index (χ0) is 17.0. The van der Waals surface area contributed by atoms with E-state index in [1.165, 1.54) is 18.2 Å². The fraction of sp³-hybridized carbons (Fsp3) is 0. The molecule has 1 aromatic heterocycles. The van der Waals surface area contributed by atoms with Crippen molar-refractivity contribution in [2.24, 2.45) is 5.10 Å². The lowest BCUT2D eigenvalue weighted by Crippen LogP contribution is -1.96. The maximum atomic E-state index is 10.8. The predicted molar refractivity (Wildman–Crippen MR) is 81.9 cm³/mol. The van der Waals surface area contributed by atoms with Crippen LogP contribution in [0, 0.1) is 20.2 Å². The van der Waals surface area contributed by atoms with Crippen molar-refractivity contribution in [2.75, 3.05) is 5.43 Å². The molecule has 0 bridgehead atoms. The lowest BCUT2D eigenvalue weighted by molar-refractivity contribution is -0.385. The lowest BCUT2D eigenvalue weighted by Gasteiger charge is -2.02. The van der Waals surface area contributed by atoms with Gasteiger partial charge in [0.2, 0.25) is 5.75 Å². The first kappa shape index (κ1) is 16.1. The molecule has 2 aromatic rings. The van der Waals surface area contributed by atoms with Gasteiger partial charge in [0.05, 0.1) is 16.1 Å². The summed E-state index contributed by atoms with van der Waals surface area (Å²) in [5, 5.41) is 34.8. The third-order valence-electron chi connectivity index (χ3n) is 2.62. The largest absolute Gasteiger partial charge is 0.502 e. The number of hydrazone groups is 1. The van der Waals surface area contributed by atoms with Crippen LogP contribution in [-0.2, 0) is 0 Å². The van der Waals surface area contributed by atoms with E-state index in [0.717, 1.165) is 18.5 Å². The fourth-order valence-electron chi connectivity index (χ4n) is 1.57. The van der Waals surface area contributed by atoms with Gasteiger partial charge >= 0.3 is 5.69 Å². The van der Waals surface area contributed by atoms with Crippen LogP contribution in [0.4, 0.5) is 17.2 Å². The Bertz CT molecular complexity index is 793. The maximum absolute atomic E-state index is 10.8. The normalized spacial score (nSPS) is 10.7. The van der Waals surface area contributed by atoms with Crippen LogP contribution in [0.15, 0.2) is 35.6 Å². The summed E-state index contributed by atoms with van der Waals surface area (Å²) >= 11 is 5.74. The fourth-order valence-corrected chi connectivity index (χ4v) is 1.79. The second-order valence-corrected chi connectivity index (χ2v) is 4.59. The maximum Gasteiger partial charge on any atom is 0.312 e. The van der Waals surface area contributed by atoms with E-state index in [0.29, 0.717) is 0 Å². The van der Waals surface area contributed by atoms with E-state index < -0.39 is 21.3 Å². The number of nitro benzene ring substituents is 1. The Morgan fingerprint density at radius 2 is 2.00 bits per heavy atom. The van der Waals surface area contributed by atoms with E-state index >= 15 is 0 Å². The number of halogens is 1. The van der Waals surface area contributed by atoms with Gasteiger partial charge in [-0.05, 0) is 12.1 Å². The second kappa shape index (κ2) is 6.66. The summed E-state index contributed by atoms with van der Waals surface area (Å²) in [6.07, 6.45) is 2.15. The summed E-state index contributed by atoms with van der Waals surface area (Å²) in [5.41, 5.74) is 1.77. The molecule has 0 saturated carbocycles. The van der Waals surface area contributed by atoms with Gasteiger partial charge in [-0.1, -0.05) is 11.6 Å². The van der Waals surface area contributed by atoms with E-state index in [4.69, 9.17) is 11.6 Å². The third-order valence-corrected chi connectivity index (χ3v) is 2.84. The van der Waals surface area contributed by atoms with Crippen LogP contribution in [0.1, 0.15) is 5.56 Å². The molecule has 0 unspecified atom stereocenters. The Labute approximate surface area is 133 Å². The van der Waals surface area contributed by atoms with Crippen LogP contribution >= 0.6 is 11.6 Å². The molecule has 0 fully saturated rings. The zero-order valence-corrected chi connectivity index (χ0v) is 12.0. The molecule has 23 heavy (non-hydrogen) atoms. The van der Waals surface area contributed by atoms with E-state index in [1.54, 1.807) is 0 Å². The monoisotopic (exact) mass is 337 g/mol. The first-order chi connectivity index (χ1) is 10.9. The number of benzene rings is 1. The first-order valence-corrected chi connectivity index (χ1v) is 6.32. The number of phenolic OH excluding ortho intramolecular Hbond substituents is 1. The van der Waals surface area contributed by atoms with Gasteiger partial charge < -0.3 is 5.11 Å². The van der Waals surface area contributed by atoms with Gasteiger partial charge in [-0.3, -0.25) is 25.7 Å². The molecule has 2 rings (SSSR count). The van der Waals surface area contributed by atoms with Crippen LogP contribution in [0.3, 0.4) is 0 Å². The molecule has 0 radical (unpaired) electrons. The van der Waals surface area contributed by atoms with Gasteiger partial charge in [-0.15, -0.1) is 0 Å². The Morgan fingerprint density at radius 1 is 1.26 bits per heavy atom. The van der Waals surface area contributed by atoms with E-state index in [2.05, 4.69) is 15.5 Å². The molecular weight excluding hydrogens is 330 g/mol. The summed E-state index contributed by atoms with van der Waals surface area (Å²) < 4.78 is 0. The van der Waals surface area contributed by atoms with Gasteiger partial charge in [0.15, 0.2) is 0 Å². The molecule has 0 aliphatic heterocycles. The molecule has 1 heterocycles. The zero-order valence-electron chi connectivity index (χ0n) is 11.2. The number of pyridine rings is 1. The summed E-state index contributed by atoms with van der Waals surface area (Å²) in [7, 11) is 0. The Kier molecular flexibility index (Phi) is 4.66. The highest BCUT2D eigenvalue weighted by atomic mass is 35.5.